The maximum absolute atomic E-state index is 12.8. The summed E-state index contributed by atoms with van der Waals surface area (Å²) in [6.45, 7) is -0.886. The first-order valence-corrected chi connectivity index (χ1v) is 12.1. The number of aryl methyl sites for hydroxylation is 1. The second-order valence-corrected chi connectivity index (χ2v) is 9.28. The van der Waals surface area contributed by atoms with Crippen molar-refractivity contribution in [3.05, 3.63) is 67.7 Å². The molecule has 2 N–H and O–H groups in total. The number of imidazole rings is 1. The van der Waals surface area contributed by atoms with Crippen molar-refractivity contribution < 1.29 is 23.7 Å². The van der Waals surface area contributed by atoms with Crippen LogP contribution in [-0.2, 0) is 41.3 Å². The molecule has 178 valence electrons. The maximum Gasteiger partial charge on any atom is 0.471 e. The molecule has 1 aromatic carbocycles. The van der Waals surface area contributed by atoms with Gasteiger partial charge >= 0.3 is 13.5 Å². The summed E-state index contributed by atoms with van der Waals surface area (Å²) in [5, 5.41) is 1.68. The predicted molar refractivity (Wildman–Crippen MR) is 122 cm³/mol. The van der Waals surface area contributed by atoms with E-state index in [1.165, 1.54) is 34.1 Å². The van der Waals surface area contributed by atoms with Gasteiger partial charge in [-0.25, -0.2) is 14.3 Å². The molecule has 3 aromatic heterocycles. The normalized spacial score (nSPS) is 12.5. The van der Waals surface area contributed by atoms with E-state index in [1.54, 1.807) is 29.6 Å². The van der Waals surface area contributed by atoms with Gasteiger partial charge in [0.25, 0.3) is 11.5 Å². The Labute approximate surface area is 194 Å². The number of carbonyl (C=O) groups is 1. The van der Waals surface area contributed by atoms with Gasteiger partial charge in [0, 0.05) is 19.5 Å². The molecule has 4 aromatic rings. The van der Waals surface area contributed by atoms with Crippen molar-refractivity contribution in [3.63, 3.8) is 0 Å². The Kier molecular flexibility index (Phi) is 6.34. The SMILES string of the molecule is Cn1c(=O)c2c(ncn2CC(=O)N=c2scc(-c3ccccc3)n2COP(=O)(O)O)n(C)c1=O. The van der Waals surface area contributed by atoms with E-state index in [-0.39, 0.29) is 22.5 Å². The molecular formula is C19H19N6O7PS. The fraction of sp³-hybridized carbons (Fsp3) is 0.211. The first-order chi connectivity index (χ1) is 16.1. The molecule has 34 heavy (non-hydrogen) atoms. The fourth-order valence-electron chi connectivity index (χ4n) is 3.32. The lowest BCUT2D eigenvalue weighted by Crippen LogP contribution is -2.37. The van der Waals surface area contributed by atoms with Gasteiger partial charge in [0.15, 0.2) is 16.0 Å². The molecular weight excluding hydrogens is 487 g/mol. The van der Waals surface area contributed by atoms with Crippen LogP contribution in [-0.4, -0.2) is 38.9 Å². The molecule has 0 aliphatic heterocycles. The molecule has 13 nitrogen and oxygen atoms in total. The van der Waals surface area contributed by atoms with E-state index < -0.39 is 31.7 Å². The number of rotatable bonds is 6. The number of nitrogens with zero attached hydrogens (tertiary/aromatic N) is 6. The highest BCUT2D eigenvalue weighted by atomic mass is 32.1. The van der Waals surface area contributed by atoms with Gasteiger partial charge in [-0.3, -0.25) is 27.8 Å². The Balaban J connectivity index is 1.74. The molecule has 0 radical (unpaired) electrons. The molecule has 0 bridgehead atoms. The quantitative estimate of drug-likeness (QED) is 0.349. The van der Waals surface area contributed by atoms with Gasteiger partial charge in [-0.05, 0) is 5.56 Å². The lowest BCUT2D eigenvalue weighted by atomic mass is 10.2. The molecule has 0 atom stereocenters. The zero-order valence-electron chi connectivity index (χ0n) is 17.9. The van der Waals surface area contributed by atoms with E-state index in [0.717, 1.165) is 21.5 Å². The third-order valence-corrected chi connectivity index (χ3v) is 6.28. The molecule has 4 rings (SSSR count). The Morgan fingerprint density at radius 2 is 1.88 bits per heavy atom. The second kappa shape index (κ2) is 9.08. The lowest BCUT2D eigenvalue weighted by molar-refractivity contribution is -0.118. The molecule has 1 amide bonds. The topological polar surface area (TPSA) is 163 Å². The molecule has 0 saturated carbocycles. The van der Waals surface area contributed by atoms with Crippen LogP contribution < -0.4 is 16.1 Å². The summed E-state index contributed by atoms with van der Waals surface area (Å²) in [5.41, 5.74) is 0.331. The summed E-state index contributed by atoms with van der Waals surface area (Å²) in [6, 6.07) is 8.98. The predicted octanol–water partition coefficient (Wildman–Crippen LogP) is 0.158. The Bertz CT molecular complexity index is 1620. The first kappa shape index (κ1) is 23.7. The van der Waals surface area contributed by atoms with Crippen LogP contribution in [0.2, 0.25) is 0 Å². The highest BCUT2D eigenvalue weighted by Crippen LogP contribution is 2.36. The Morgan fingerprint density at radius 3 is 2.56 bits per heavy atom. The fourth-order valence-corrected chi connectivity index (χ4v) is 4.50. The molecule has 0 aliphatic carbocycles. The number of aromatic nitrogens is 5. The van der Waals surface area contributed by atoms with Gasteiger partial charge in [0.2, 0.25) is 0 Å². The zero-order valence-corrected chi connectivity index (χ0v) is 19.6. The average Bonchev–Trinajstić information content (AvgIpc) is 3.39. The third-order valence-electron chi connectivity index (χ3n) is 4.97. The van der Waals surface area contributed by atoms with Crippen LogP contribution >= 0.6 is 19.2 Å². The number of fused-ring (bicyclic) bond motifs is 1. The van der Waals surface area contributed by atoms with Gasteiger partial charge < -0.3 is 14.4 Å². The van der Waals surface area contributed by atoms with Crippen LogP contribution in [0.1, 0.15) is 0 Å². The van der Waals surface area contributed by atoms with E-state index >= 15 is 0 Å². The van der Waals surface area contributed by atoms with E-state index in [2.05, 4.69) is 14.5 Å². The molecule has 0 aliphatic rings. The number of phosphoric ester groups is 1. The van der Waals surface area contributed by atoms with Crippen molar-refractivity contribution in [2.75, 3.05) is 0 Å². The number of hydrogen-bond acceptors (Lipinski definition) is 7. The highest BCUT2D eigenvalue weighted by Gasteiger charge is 2.18. The number of amides is 1. The van der Waals surface area contributed by atoms with Gasteiger partial charge in [-0.1, -0.05) is 30.3 Å². The summed E-state index contributed by atoms with van der Waals surface area (Å²) in [6.07, 6.45) is 1.27. The van der Waals surface area contributed by atoms with E-state index in [0.29, 0.717) is 5.69 Å². The summed E-state index contributed by atoms with van der Waals surface area (Å²) in [5.74, 6) is -0.651. The minimum Gasteiger partial charge on any atom is -0.315 e. The molecule has 0 unspecified atom stereocenters. The van der Waals surface area contributed by atoms with Crippen molar-refractivity contribution in [1.82, 2.24) is 23.3 Å². The number of hydrogen-bond donors (Lipinski definition) is 2. The first-order valence-electron chi connectivity index (χ1n) is 9.69. The number of thiazole rings is 1. The molecule has 3 heterocycles. The van der Waals surface area contributed by atoms with Crippen LogP contribution in [0.5, 0.6) is 0 Å². The minimum absolute atomic E-state index is 0.0713. The second-order valence-electron chi connectivity index (χ2n) is 7.20. The van der Waals surface area contributed by atoms with Gasteiger partial charge in [-0.2, -0.15) is 4.99 Å². The Hall–Kier alpha value is -3.42. The van der Waals surface area contributed by atoms with Crippen LogP contribution in [0.3, 0.4) is 0 Å². The van der Waals surface area contributed by atoms with Crippen LogP contribution in [0, 0.1) is 0 Å². The third kappa shape index (κ3) is 4.62. The smallest absolute Gasteiger partial charge is 0.315 e. The largest absolute Gasteiger partial charge is 0.471 e. The lowest BCUT2D eigenvalue weighted by Gasteiger charge is -2.10. The molecule has 0 spiro atoms. The number of phosphoric acid groups is 1. The van der Waals surface area contributed by atoms with E-state index in [1.807, 2.05) is 6.07 Å². The summed E-state index contributed by atoms with van der Waals surface area (Å²) in [7, 11) is -1.99. The van der Waals surface area contributed by atoms with Gasteiger partial charge in [0.05, 0.1) is 12.0 Å². The van der Waals surface area contributed by atoms with Crippen molar-refractivity contribution in [2.45, 2.75) is 13.3 Å². The van der Waals surface area contributed by atoms with E-state index in [4.69, 9.17) is 9.79 Å². The monoisotopic (exact) mass is 506 g/mol. The number of benzene rings is 1. The summed E-state index contributed by atoms with van der Waals surface area (Å²) >= 11 is 1.08. The minimum atomic E-state index is -4.79. The summed E-state index contributed by atoms with van der Waals surface area (Å²) in [4.78, 5) is 64.0. The standard InChI is InChI=1S/C19H19N6O7PS/c1-22-16-15(17(27)23(2)19(22)28)24(10-20-16)8-14(26)21-18-25(11-32-33(29,30)31)13(9-34-18)12-6-4-3-5-7-12/h3-7,9-10H,8,11H2,1-2H3,(H2,29,30,31). The maximum atomic E-state index is 12.8. The van der Waals surface area contributed by atoms with Crippen LogP contribution in [0.4, 0.5) is 0 Å². The zero-order chi connectivity index (χ0) is 24.6. The van der Waals surface area contributed by atoms with Gasteiger partial charge in [-0.15, -0.1) is 11.3 Å². The Morgan fingerprint density at radius 1 is 1.18 bits per heavy atom. The highest BCUT2D eigenvalue weighted by molar-refractivity contribution is 7.46. The summed E-state index contributed by atoms with van der Waals surface area (Å²) < 4.78 is 20.7. The molecule has 0 fully saturated rings. The molecule has 0 saturated heterocycles. The number of carbonyl (C=O) groups excluding carboxylic acids is 1. The van der Waals surface area contributed by atoms with Crippen LogP contribution in [0.15, 0.2) is 56.6 Å². The average molecular weight is 506 g/mol. The van der Waals surface area contributed by atoms with Crippen LogP contribution in [0.25, 0.3) is 22.4 Å². The van der Waals surface area contributed by atoms with Crippen molar-refractivity contribution in [1.29, 1.82) is 0 Å². The van der Waals surface area contributed by atoms with E-state index in [9.17, 15) is 18.9 Å². The van der Waals surface area contributed by atoms with Gasteiger partial charge in [0.1, 0.15) is 13.3 Å². The molecule has 15 heteroatoms. The van der Waals surface area contributed by atoms with Crippen molar-refractivity contribution in [3.8, 4) is 11.3 Å². The van der Waals surface area contributed by atoms with Crippen molar-refractivity contribution in [2.24, 2.45) is 19.1 Å². The van der Waals surface area contributed by atoms with Crippen molar-refractivity contribution >= 4 is 36.2 Å².